The predicted molar refractivity (Wildman–Crippen MR) is 127 cm³/mol. The molecule has 0 radical (unpaired) electrons. The highest BCUT2D eigenvalue weighted by Crippen LogP contribution is 2.18. The lowest BCUT2D eigenvalue weighted by molar-refractivity contribution is -0.118. The third-order valence-corrected chi connectivity index (χ3v) is 5.74. The van der Waals surface area contributed by atoms with E-state index in [9.17, 15) is 9.59 Å². The molecular formula is C24H29N3O4S. The molecule has 1 heterocycles. The summed E-state index contributed by atoms with van der Waals surface area (Å²) in [5.41, 5.74) is 1.49. The monoisotopic (exact) mass is 455 g/mol. The second-order valence-corrected chi connectivity index (χ2v) is 8.50. The standard InChI is InChI=1S/C24H29N3O4S/c1-17(2)31-13-7-12-27-23(29)20-10-4-5-11-21(20)26-24(27)32-16-22(28)25-15-18-8-6-9-19(14-18)30-3/h4-6,8-11,14,17H,7,12-13,15-16H2,1-3H3,(H,25,28). The maximum Gasteiger partial charge on any atom is 0.262 e. The summed E-state index contributed by atoms with van der Waals surface area (Å²) in [7, 11) is 1.61. The lowest BCUT2D eigenvalue weighted by Gasteiger charge is -2.14. The molecule has 8 heteroatoms. The van der Waals surface area contributed by atoms with E-state index in [0.29, 0.717) is 42.2 Å². The zero-order valence-electron chi connectivity index (χ0n) is 18.7. The Hall–Kier alpha value is -2.84. The van der Waals surface area contributed by atoms with Gasteiger partial charge in [0, 0.05) is 19.7 Å². The summed E-state index contributed by atoms with van der Waals surface area (Å²) in [5.74, 6) is 0.781. The number of fused-ring (bicyclic) bond motifs is 1. The van der Waals surface area contributed by atoms with Crippen molar-refractivity contribution in [2.24, 2.45) is 0 Å². The van der Waals surface area contributed by atoms with E-state index in [2.05, 4.69) is 10.3 Å². The fourth-order valence-corrected chi connectivity index (χ4v) is 4.02. The van der Waals surface area contributed by atoms with E-state index < -0.39 is 0 Å². The second kappa shape index (κ2) is 11.7. The molecule has 0 saturated carbocycles. The van der Waals surface area contributed by atoms with Crippen molar-refractivity contribution in [3.8, 4) is 5.75 Å². The highest BCUT2D eigenvalue weighted by molar-refractivity contribution is 7.99. The highest BCUT2D eigenvalue weighted by atomic mass is 32.2. The minimum Gasteiger partial charge on any atom is -0.497 e. The van der Waals surface area contributed by atoms with Crippen LogP contribution in [0, 0.1) is 0 Å². The molecule has 1 aromatic heterocycles. The third kappa shape index (κ3) is 6.58. The van der Waals surface area contributed by atoms with Crippen LogP contribution in [0.15, 0.2) is 58.5 Å². The number of methoxy groups -OCH3 is 1. The predicted octanol–water partition coefficient (Wildman–Crippen LogP) is 3.63. The molecule has 0 bridgehead atoms. The first-order valence-electron chi connectivity index (χ1n) is 10.6. The third-order valence-electron chi connectivity index (χ3n) is 4.76. The van der Waals surface area contributed by atoms with Crippen LogP contribution in [0.1, 0.15) is 25.8 Å². The molecule has 0 aliphatic carbocycles. The van der Waals surface area contributed by atoms with Crippen LogP contribution < -0.4 is 15.6 Å². The molecule has 3 aromatic rings. The van der Waals surface area contributed by atoms with Gasteiger partial charge in [-0.25, -0.2) is 4.98 Å². The van der Waals surface area contributed by atoms with Gasteiger partial charge in [-0.2, -0.15) is 0 Å². The van der Waals surface area contributed by atoms with Gasteiger partial charge in [0.15, 0.2) is 5.16 Å². The van der Waals surface area contributed by atoms with Gasteiger partial charge in [0.2, 0.25) is 5.91 Å². The Labute approximate surface area is 192 Å². The summed E-state index contributed by atoms with van der Waals surface area (Å²) in [4.78, 5) is 30.1. The van der Waals surface area contributed by atoms with Crippen molar-refractivity contribution in [3.63, 3.8) is 0 Å². The highest BCUT2D eigenvalue weighted by Gasteiger charge is 2.13. The van der Waals surface area contributed by atoms with Crippen LogP contribution in [0.2, 0.25) is 0 Å². The van der Waals surface area contributed by atoms with Gasteiger partial charge in [0.25, 0.3) is 5.56 Å². The second-order valence-electron chi connectivity index (χ2n) is 7.56. The van der Waals surface area contributed by atoms with Crippen molar-refractivity contribution in [1.29, 1.82) is 0 Å². The average Bonchev–Trinajstić information content (AvgIpc) is 2.80. The molecule has 170 valence electrons. The van der Waals surface area contributed by atoms with Gasteiger partial charge in [-0.3, -0.25) is 14.2 Å². The van der Waals surface area contributed by atoms with E-state index in [4.69, 9.17) is 9.47 Å². The van der Waals surface area contributed by atoms with Crippen LogP contribution in [0.4, 0.5) is 0 Å². The van der Waals surface area contributed by atoms with Crippen molar-refractivity contribution >= 4 is 28.6 Å². The average molecular weight is 456 g/mol. The molecule has 0 saturated heterocycles. The molecule has 0 atom stereocenters. The van der Waals surface area contributed by atoms with Crippen molar-refractivity contribution in [3.05, 3.63) is 64.4 Å². The Morgan fingerprint density at radius 3 is 2.78 bits per heavy atom. The van der Waals surface area contributed by atoms with E-state index in [1.165, 1.54) is 11.8 Å². The van der Waals surface area contributed by atoms with Crippen molar-refractivity contribution in [2.45, 2.75) is 44.6 Å². The molecule has 1 N–H and O–H groups in total. The zero-order valence-corrected chi connectivity index (χ0v) is 19.5. The lowest BCUT2D eigenvalue weighted by atomic mass is 10.2. The summed E-state index contributed by atoms with van der Waals surface area (Å²) >= 11 is 1.27. The molecule has 3 rings (SSSR count). The van der Waals surface area contributed by atoms with E-state index in [-0.39, 0.29) is 23.3 Å². The van der Waals surface area contributed by atoms with Crippen LogP contribution in [0.25, 0.3) is 10.9 Å². The van der Waals surface area contributed by atoms with Gasteiger partial charge in [0.1, 0.15) is 5.75 Å². The first kappa shape index (κ1) is 23.8. The molecule has 32 heavy (non-hydrogen) atoms. The van der Waals surface area contributed by atoms with Gasteiger partial charge in [-0.1, -0.05) is 36.0 Å². The maximum atomic E-state index is 13.0. The molecule has 0 spiro atoms. The zero-order chi connectivity index (χ0) is 22.9. The Kier molecular flexibility index (Phi) is 8.70. The summed E-state index contributed by atoms with van der Waals surface area (Å²) in [6.45, 7) is 5.41. The largest absolute Gasteiger partial charge is 0.497 e. The quantitative estimate of drug-likeness (QED) is 0.270. The van der Waals surface area contributed by atoms with E-state index in [1.54, 1.807) is 17.7 Å². The van der Waals surface area contributed by atoms with Crippen LogP contribution in [0.5, 0.6) is 5.75 Å². The van der Waals surface area contributed by atoms with Gasteiger partial charge in [-0.15, -0.1) is 0 Å². The number of nitrogens with zero attached hydrogens (tertiary/aromatic N) is 2. The van der Waals surface area contributed by atoms with Gasteiger partial charge < -0.3 is 14.8 Å². The summed E-state index contributed by atoms with van der Waals surface area (Å²) in [6, 6.07) is 14.8. The fourth-order valence-electron chi connectivity index (χ4n) is 3.16. The Bertz CT molecular complexity index is 1110. The normalized spacial score (nSPS) is 11.1. The Morgan fingerprint density at radius 2 is 2.00 bits per heavy atom. The number of benzene rings is 2. The number of aromatic nitrogens is 2. The van der Waals surface area contributed by atoms with Crippen LogP contribution in [-0.2, 0) is 22.6 Å². The van der Waals surface area contributed by atoms with Crippen LogP contribution in [-0.4, -0.2) is 41.0 Å². The fraction of sp³-hybridized carbons (Fsp3) is 0.375. The SMILES string of the molecule is COc1cccc(CNC(=O)CSc2nc3ccccc3c(=O)n2CCCOC(C)C)c1. The van der Waals surface area contributed by atoms with E-state index >= 15 is 0 Å². The Balaban J connectivity index is 1.68. The molecule has 7 nitrogen and oxygen atoms in total. The number of hydrogen-bond acceptors (Lipinski definition) is 6. The number of rotatable bonds is 11. The van der Waals surface area contributed by atoms with Crippen molar-refractivity contribution in [1.82, 2.24) is 14.9 Å². The number of carbonyl (C=O) groups excluding carboxylic acids is 1. The molecule has 2 aromatic carbocycles. The molecule has 1 amide bonds. The number of carbonyl (C=O) groups is 1. The molecule has 0 unspecified atom stereocenters. The van der Waals surface area contributed by atoms with Crippen molar-refractivity contribution < 1.29 is 14.3 Å². The smallest absolute Gasteiger partial charge is 0.262 e. The summed E-state index contributed by atoms with van der Waals surface area (Å²) in [5, 5.41) is 4.02. The minimum absolute atomic E-state index is 0.0977. The van der Waals surface area contributed by atoms with Gasteiger partial charge in [-0.05, 0) is 50.1 Å². The number of nitrogens with one attached hydrogen (secondary N) is 1. The van der Waals surface area contributed by atoms with Crippen LogP contribution >= 0.6 is 11.8 Å². The number of amides is 1. The van der Waals surface area contributed by atoms with Gasteiger partial charge >= 0.3 is 0 Å². The first-order valence-corrected chi connectivity index (χ1v) is 11.6. The number of hydrogen-bond donors (Lipinski definition) is 1. The lowest BCUT2D eigenvalue weighted by Crippen LogP contribution is -2.27. The summed E-state index contributed by atoms with van der Waals surface area (Å²) < 4.78 is 12.5. The minimum atomic E-state index is -0.130. The molecular weight excluding hydrogens is 426 g/mol. The molecule has 0 aliphatic heterocycles. The number of para-hydroxylation sites is 1. The molecule has 0 fully saturated rings. The van der Waals surface area contributed by atoms with Crippen LogP contribution in [0.3, 0.4) is 0 Å². The number of thioether (sulfide) groups is 1. The van der Waals surface area contributed by atoms with Crippen molar-refractivity contribution in [2.75, 3.05) is 19.5 Å². The maximum absolute atomic E-state index is 13.0. The number of ether oxygens (including phenoxy) is 2. The van der Waals surface area contributed by atoms with E-state index in [1.807, 2.05) is 56.3 Å². The topological polar surface area (TPSA) is 82.5 Å². The first-order chi connectivity index (χ1) is 15.5. The summed E-state index contributed by atoms with van der Waals surface area (Å²) in [6.07, 6.45) is 0.830. The van der Waals surface area contributed by atoms with E-state index in [0.717, 1.165) is 11.3 Å². The Morgan fingerprint density at radius 1 is 1.19 bits per heavy atom. The molecule has 0 aliphatic rings. The van der Waals surface area contributed by atoms with Gasteiger partial charge in [0.05, 0.1) is 29.9 Å².